The molecule has 0 bridgehead atoms. The Balaban J connectivity index is -0.000000102. The second-order valence-electron chi connectivity index (χ2n) is 6.73. The summed E-state index contributed by atoms with van der Waals surface area (Å²) in [6, 6.07) is 0. The van der Waals surface area contributed by atoms with Crippen LogP contribution < -0.4 is 0 Å². The van der Waals surface area contributed by atoms with E-state index in [-0.39, 0.29) is 0 Å². The molecule has 0 aromatic rings. The molecular formula is C20H48. The lowest BCUT2D eigenvalue weighted by Crippen LogP contribution is -1.91. The van der Waals surface area contributed by atoms with Crippen molar-refractivity contribution in [2.75, 3.05) is 0 Å². The van der Waals surface area contributed by atoms with Crippen molar-refractivity contribution in [3.05, 3.63) is 0 Å². The van der Waals surface area contributed by atoms with E-state index in [9.17, 15) is 0 Å². The first-order valence-corrected chi connectivity index (χ1v) is 9.25. The molecule has 0 rings (SSSR count). The van der Waals surface area contributed by atoms with Crippen molar-refractivity contribution in [3.63, 3.8) is 0 Å². The molecular weight excluding hydrogens is 240 g/mol. The number of hydrogen-bond donors (Lipinski definition) is 0. The van der Waals surface area contributed by atoms with Gasteiger partial charge in [0.15, 0.2) is 0 Å². The predicted molar refractivity (Wildman–Crippen MR) is 101 cm³/mol. The second-order valence-corrected chi connectivity index (χ2v) is 6.73. The lowest BCUT2D eigenvalue weighted by atomic mass is 10.0. The minimum atomic E-state index is 0.886. The zero-order valence-electron chi connectivity index (χ0n) is 17.1. The van der Waals surface area contributed by atoms with E-state index in [1.165, 1.54) is 25.7 Å². The van der Waals surface area contributed by atoms with E-state index in [4.69, 9.17) is 0 Å². The molecule has 0 N–H and O–H groups in total. The summed E-state index contributed by atoms with van der Waals surface area (Å²) in [4.78, 5) is 0. The summed E-state index contributed by atoms with van der Waals surface area (Å²) < 4.78 is 0. The minimum absolute atomic E-state index is 0.886. The third-order valence-corrected chi connectivity index (χ3v) is 2.64. The summed E-state index contributed by atoms with van der Waals surface area (Å²) in [5.74, 6) is 3.55. The zero-order chi connectivity index (χ0) is 17.1. The van der Waals surface area contributed by atoms with Crippen molar-refractivity contribution < 1.29 is 0 Å². The Labute approximate surface area is 133 Å². The van der Waals surface area contributed by atoms with E-state index in [2.05, 4.69) is 55.4 Å². The molecule has 20 heavy (non-hydrogen) atoms. The number of hydrogen-bond acceptors (Lipinski definition) is 0. The Morgan fingerprint density at radius 1 is 0.350 bits per heavy atom. The molecule has 0 fully saturated rings. The molecule has 0 spiro atoms. The largest absolute Gasteiger partial charge is 0.0683 e. The number of rotatable bonds is 6. The van der Waals surface area contributed by atoms with E-state index < -0.39 is 0 Å². The smallest absolute Gasteiger partial charge is 0.0471 e. The summed E-state index contributed by atoms with van der Waals surface area (Å²) in [7, 11) is 0. The molecule has 0 heterocycles. The molecule has 0 aliphatic carbocycles. The van der Waals surface area contributed by atoms with Crippen molar-refractivity contribution in [1.29, 1.82) is 0 Å². The van der Waals surface area contributed by atoms with Gasteiger partial charge in [0.2, 0.25) is 0 Å². The molecule has 0 radical (unpaired) electrons. The van der Waals surface area contributed by atoms with Crippen molar-refractivity contribution in [1.82, 2.24) is 0 Å². The quantitative estimate of drug-likeness (QED) is 0.462. The lowest BCUT2D eigenvalue weighted by molar-refractivity contribution is 0.476. The molecule has 0 aliphatic heterocycles. The van der Waals surface area contributed by atoms with Gasteiger partial charge in [0.05, 0.1) is 0 Å². The summed E-state index contributed by atoms with van der Waals surface area (Å²) in [5.41, 5.74) is 0. The van der Waals surface area contributed by atoms with E-state index in [0.717, 1.165) is 23.7 Å². The fourth-order valence-corrected chi connectivity index (χ4v) is 1.33. The van der Waals surface area contributed by atoms with Crippen LogP contribution in [-0.2, 0) is 0 Å². The molecule has 128 valence electrons. The predicted octanol–water partition coefficient (Wildman–Crippen LogP) is 8.21. The Bertz CT molecular complexity index is 88.0. The van der Waals surface area contributed by atoms with Gasteiger partial charge in [-0.15, -0.1) is 0 Å². The van der Waals surface area contributed by atoms with Gasteiger partial charge in [0.25, 0.3) is 0 Å². The monoisotopic (exact) mass is 288 g/mol. The Morgan fingerprint density at radius 3 is 0.500 bits per heavy atom. The van der Waals surface area contributed by atoms with Gasteiger partial charge >= 0.3 is 0 Å². The average molecular weight is 289 g/mol. The van der Waals surface area contributed by atoms with Crippen molar-refractivity contribution >= 4 is 0 Å². The Hall–Kier alpha value is 0. The summed E-state index contributed by atoms with van der Waals surface area (Å²) >= 11 is 0. The summed E-state index contributed by atoms with van der Waals surface area (Å²) in [6.45, 7) is 26.2. The summed E-state index contributed by atoms with van der Waals surface area (Å²) in [5, 5.41) is 0. The van der Waals surface area contributed by atoms with Gasteiger partial charge in [-0.25, -0.2) is 0 Å². The van der Waals surface area contributed by atoms with Crippen LogP contribution in [0.2, 0.25) is 0 Å². The van der Waals surface area contributed by atoms with Gasteiger partial charge in [-0.3, -0.25) is 0 Å². The lowest BCUT2D eigenvalue weighted by Gasteiger charge is -2.05. The van der Waals surface area contributed by atoms with Crippen LogP contribution in [0.15, 0.2) is 0 Å². The first kappa shape index (κ1) is 28.2. The SMILES string of the molecule is CC.CC.CC(C)CCC(C)C.CC(C)CCC(C)C. The van der Waals surface area contributed by atoms with Crippen LogP contribution in [0.4, 0.5) is 0 Å². The van der Waals surface area contributed by atoms with E-state index in [1.807, 2.05) is 27.7 Å². The molecule has 0 saturated heterocycles. The van der Waals surface area contributed by atoms with Crippen LogP contribution in [-0.4, -0.2) is 0 Å². The molecule has 0 unspecified atom stereocenters. The van der Waals surface area contributed by atoms with E-state index >= 15 is 0 Å². The fraction of sp³-hybridized carbons (Fsp3) is 1.00. The fourth-order valence-electron chi connectivity index (χ4n) is 1.33. The van der Waals surface area contributed by atoms with Gasteiger partial charge in [0.1, 0.15) is 0 Å². The average Bonchev–Trinajstić information content (AvgIpc) is 2.39. The molecule has 0 aromatic heterocycles. The maximum Gasteiger partial charge on any atom is -0.0471 e. The standard InChI is InChI=1S/2C8H18.2C2H6/c2*1-7(2)5-6-8(3)4;2*1-2/h2*7-8H,5-6H2,1-4H3;2*1-2H3. The molecule has 0 aromatic carbocycles. The highest BCUT2D eigenvalue weighted by Gasteiger charge is 1.96. The third-order valence-electron chi connectivity index (χ3n) is 2.64. The van der Waals surface area contributed by atoms with Crippen molar-refractivity contribution in [2.24, 2.45) is 23.7 Å². The molecule has 0 heteroatoms. The highest BCUT2D eigenvalue weighted by atomic mass is 14.0. The molecule has 0 amide bonds. The van der Waals surface area contributed by atoms with Gasteiger partial charge < -0.3 is 0 Å². The van der Waals surface area contributed by atoms with E-state index in [0.29, 0.717) is 0 Å². The highest BCUT2D eigenvalue weighted by molar-refractivity contribution is 4.49. The topological polar surface area (TPSA) is 0 Å². The van der Waals surface area contributed by atoms with E-state index in [1.54, 1.807) is 0 Å². The molecule has 0 saturated carbocycles. The van der Waals surface area contributed by atoms with Crippen LogP contribution in [0, 0.1) is 23.7 Å². The Kier molecular flexibility index (Phi) is 33.9. The normalized spacial score (nSPS) is 9.60. The maximum atomic E-state index is 2.28. The van der Waals surface area contributed by atoms with Gasteiger partial charge in [-0.2, -0.15) is 0 Å². The van der Waals surface area contributed by atoms with Crippen LogP contribution in [0.25, 0.3) is 0 Å². The van der Waals surface area contributed by atoms with Gasteiger partial charge in [0, 0.05) is 0 Å². The molecule has 0 aliphatic rings. The van der Waals surface area contributed by atoms with Crippen molar-refractivity contribution in [3.8, 4) is 0 Å². The van der Waals surface area contributed by atoms with Gasteiger partial charge in [-0.05, 0) is 23.7 Å². The van der Waals surface area contributed by atoms with Crippen molar-refractivity contribution in [2.45, 2.75) is 109 Å². The zero-order valence-corrected chi connectivity index (χ0v) is 17.1. The summed E-state index contributed by atoms with van der Waals surface area (Å²) in [6.07, 6.45) is 5.55. The van der Waals surface area contributed by atoms with Gasteiger partial charge in [-0.1, -0.05) is 109 Å². The second kappa shape index (κ2) is 24.0. The first-order valence-electron chi connectivity index (χ1n) is 9.25. The minimum Gasteiger partial charge on any atom is -0.0683 e. The molecule has 0 atom stereocenters. The van der Waals surface area contributed by atoms with Crippen LogP contribution in [0.1, 0.15) is 109 Å². The highest BCUT2D eigenvalue weighted by Crippen LogP contribution is 2.10. The van der Waals surface area contributed by atoms with Crippen LogP contribution >= 0.6 is 0 Å². The van der Waals surface area contributed by atoms with Crippen LogP contribution in [0.5, 0.6) is 0 Å². The Morgan fingerprint density at radius 2 is 0.450 bits per heavy atom. The maximum absolute atomic E-state index is 2.28. The van der Waals surface area contributed by atoms with Crippen LogP contribution in [0.3, 0.4) is 0 Å². The molecule has 0 nitrogen and oxygen atoms in total. The first-order chi connectivity index (χ1) is 9.25. The third kappa shape index (κ3) is 52.0.